The molecule has 1 heteroatoms. The van der Waals surface area contributed by atoms with Gasteiger partial charge < -0.3 is 5.32 Å². The molecular formula is C16H27N. The van der Waals surface area contributed by atoms with Gasteiger partial charge in [0.1, 0.15) is 0 Å². The zero-order chi connectivity index (χ0) is 12.3. The standard InChI is InChI=1S/C16H27N/c1-3-4-6-10-15(2)17-14-9-13-16-11-7-5-8-12-16/h5,7-8,11-12,15,17H,3-4,6,9-10,13-14H2,1-2H3. The number of hydrogen-bond donors (Lipinski definition) is 1. The molecule has 0 saturated carbocycles. The molecule has 1 unspecified atom stereocenters. The molecule has 0 amide bonds. The summed E-state index contributed by atoms with van der Waals surface area (Å²) in [5.41, 5.74) is 1.45. The second-order valence-corrected chi connectivity index (χ2v) is 4.94. The summed E-state index contributed by atoms with van der Waals surface area (Å²) in [6.07, 6.45) is 7.80. The molecule has 1 aromatic rings. The number of unbranched alkanes of at least 4 members (excludes halogenated alkanes) is 2. The summed E-state index contributed by atoms with van der Waals surface area (Å²) in [4.78, 5) is 0. The number of rotatable bonds is 9. The van der Waals surface area contributed by atoms with E-state index in [1.165, 1.54) is 44.1 Å². The van der Waals surface area contributed by atoms with Crippen LogP contribution in [0.1, 0.15) is 51.5 Å². The molecule has 1 rings (SSSR count). The summed E-state index contributed by atoms with van der Waals surface area (Å²) < 4.78 is 0. The Balaban J connectivity index is 2.00. The maximum absolute atomic E-state index is 3.61. The summed E-state index contributed by atoms with van der Waals surface area (Å²) in [5, 5.41) is 3.61. The zero-order valence-electron chi connectivity index (χ0n) is 11.4. The van der Waals surface area contributed by atoms with Crippen molar-refractivity contribution in [3.8, 4) is 0 Å². The predicted molar refractivity (Wildman–Crippen MR) is 76.4 cm³/mol. The summed E-state index contributed by atoms with van der Waals surface area (Å²) in [6.45, 7) is 5.71. The van der Waals surface area contributed by atoms with Crippen LogP contribution < -0.4 is 5.32 Å². The van der Waals surface area contributed by atoms with Crippen LogP contribution in [0.3, 0.4) is 0 Å². The fourth-order valence-electron chi connectivity index (χ4n) is 2.09. The Bertz CT molecular complexity index is 268. The van der Waals surface area contributed by atoms with Gasteiger partial charge in [-0.15, -0.1) is 0 Å². The van der Waals surface area contributed by atoms with E-state index in [1.54, 1.807) is 0 Å². The topological polar surface area (TPSA) is 12.0 Å². The number of hydrogen-bond acceptors (Lipinski definition) is 1. The fraction of sp³-hybridized carbons (Fsp3) is 0.625. The lowest BCUT2D eigenvalue weighted by molar-refractivity contribution is 0.482. The molecule has 1 nitrogen and oxygen atoms in total. The van der Waals surface area contributed by atoms with Crippen LogP contribution in [0.25, 0.3) is 0 Å². The van der Waals surface area contributed by atoms with E-state index in [2.05, 4.69) is 49.5 Å². The van der Waals surface area contributed by atoms with Crippen molar-refractivity contribution in [2.75, 3.05) is 6.54 Å². The van der Waals surface area contributed by atoms with Crippen LogP contribution in [-0.2, 0) is 6.42 Å². The van der Waals surface area contributed by atoms with Crippen LogP contribution in [0.2, 0.25) is 0 Å². The first kappa shape index (κ1) is 14.2. The molecule has 0 aromatic heterocycles. The Hall–Kier alpha value is -0.820. The molecule has 0 aliphatic carbocycles. The van der Waals surface area contributed by atoms with Crippen LogP contribution in [0.15, 0.2) is 30.3 Å². The molecule has 0 bridgehead atoms. The molecule has 96 valence electrons. The van der Waals surface area contributed by atoms with Gasteiger partial charge in [-0.1, -0.05) is 56.5 Å². The highest BCUT2D eigenvalue weighted by Crippen LogP contribution is 2.04. The quantitative estimate of drug-likeness (QED) is 0.631. The van der Waals surface area contributed by atoms with Gasteiger partial charge in [0.2, 0.25) is 0 Å². The Labute approximate surface area is 107 Å². The first-order valence-corrected chi connectivity index (χ1v) is 7.10. The molecule has 1 N–H and O–H groups in total. The third kappa shape index (κ3) is 7.17. The van der Waals surface area contributed by atoms with E-state index in [0.29, 0.717) is 6.04 Å². The molecule has 0 heterocycles. The van der Waals surface area contributed by atoms with E-state index in [-0.39, 0.29) is 0 Å². The highest BCUT2D eigenvalue weighted by Gasteiger charge is 2.00. The predicted octanol–water partition coefficient (Wildman–Crippen LogP) is 4.18. The summed E-state index contributed by atoms with van der Waals surface area (Å²) >= 11 is 0. The first-order valence-electron chi connectivity index (χ1n) is 7.10. The third-order valence-corrected chi connectivity index (χ3v) is 3.22. The number of aryl methyl sites for hydroxylation is 1. The highest BCUT2D eigenvalue weighted by molar-refractivity contribution is 5.14. The van der Waals surface area contributed by atoms with Crippen LogP contribution in [0, 0.1) is 0 Å². The van der Waals surface area contributed by atoms with Crippen molar-refractivity contribution in [1.29, 1.82) is 0 Å². The molecular weight excluding hydrogens is 206 g/mol. The van der Waals surface area contributed by atoms with Gasteiger partial charge in [0.05, 0.1) is 0 Å². The van der Waals surface area contributed by atoms with E-state index in [0.717, 1.165) is 6.54 Å². The second-order valence-electron chi connectivity index (χ2n) is 4.94. The van der Waals surface area contributed by atoms with E-state index in [1.807, 2.05) is 0 Å². The summed E-state index contributed by atoms with van der Waals surface area (Å²) in [6, 6.07) is 11.4. The lowest BCUT2D eigenvalue weighted by Gasteiger charge is -2.13. The Kier molecular flexibility index (Phi) is 7.74. The third-order valence-electron chi connectivity index (χ3n) is 3.22. The van der Waals surface area contributed by atoms with Crippen LogP contribution in [-0.4, -0.2) is 12.6 Å². The summed E-state index contributed by atoms with van der Waals surface area (Å²) in [5.74, 6) is 0. The Morgan fingerprint density at radius 1 is 1.06 bits per heavy atom. The molecule has 0 spiro atoms. The maximum atomic E-state index is 3.61. The van der Waals surface area contributed by atoms with Gasteiger partial charge in [-0.2, -0.15) is 0 Å². The normalized spacial score (nSPS) is 12.6. The van der Waals surface area contributed by atoms with Gasteiger partial charge in [-0.05, 0) is 38.3 Å². The molecule has 0 aliphatic rings. The van der Waals surface area contributed by atoms with Crippen molar-refractivity contribution in [2.24, 2.45) is 0 Å². The van der Waals surface area contributed by atoms with E-state index < -0.39 is 0 Å². The van der Waals surface area contributed by atoms with Gasteiger partial charge in [-0.3, -0.25) is 0 Å². The molecule has 1 aromatic carbocycles. The maximum Gasteiger partial charge on any atom is 0.00387 e. The lowest BCUT2D eigenvalue weighted by atomic mass is 10.1. The Morgan fingerprint density at radius 3 is 2.53 bits per heavy atom. The molecule has 0 fully saturated rings. The van der Waals surface area contributed by atoms with Gasteiger partial charge in [-0.25, -0.2) is 0 Å². The smallest absolute Gasteiger partial charge is 0.00387 e. The molecule has 0 saturated heterocycles. The SMILES string of the molecule is CCCCCC(C)NCCCc1ccccc1. The van der Waals surface area contributed by atoms with Crippen molar-refractivity contribution in [3.05, 3.63) is 35.9 Å². The number of nitrogens with one attached hydrogen (secondary N) is 1. The fourth-order valence-corrected chi connectivity index (χ4v) is 2.09. The van der Waals surface area contributed by atoms with Crippen molar-refractivity contribution < 1.29 is 0 Å². The van der Waals surface area contributed by atoms with Crippen molar-refractivity contribution in [2.45, 2.75) is 58.4 Å². The van der Waals surface area contributed by atoms with Crippen molar-refractivity contribution in [1.82, 2.24) is 5.32 Å². The monoisotopic (exact) mass is 233 g/mol. The van der Waals surface area contributed by atoms with Crippen molar-refractivity contribution in [3.63, 3.8) is 0 Å². The summed E-state index contributed by atoms with van der Waals surface area (Å²) in [7, 11) is 0. The first-order chi connectivity index (χ1) is 8.33. The Morgan fingerprint density at radius 2 is 1.82 bits per heavy atom. The largest absolute Gasteiger partial charge is 0.314 e. The van der Waals surface area contributed by atoms with Gasteiger partial charge >= 0.3 is 0 Å². The minimum Gasteiger partial charge on any atom is -0.314 e. The van der Waals surface area contributed by atoms with Crippen molar-refractivity contribution >= 4 is 0 Å². The van der Waals surface area contributed by atoms with Crippen LogP contribution in [0.4, 0.5) is 0 Å². The minimum atomic E-state index is 0.678. The highest BCUT2D eigenvalue weighted by atomic mass is 14.9. The van der Waals surface area contributed by atoms with Crippen LogP contribution in [0.5, 0.6) is 0 Å². The lowest BCUT2D eigenvalue weighted by Crippen LogP contribution is -2.27. The van der Waals surface area contributed by atoms with Crippen LogP contribution >= 0.6 is 0 Å². The molecule has 0 aliphatic heterocycles. The molecule has 1 atom stereocenters. The van der Waals surface area contributed by atoms with Gasteiger partial charge in [0.25, 0.3) is 0 Å². The van der Waals surface area contributed by atoms with Gasteiger partial charge in [0, 0.05) is 6.04 Å². The average molecular weight is 233 g/mol. The average Bonchev–Trinajstić information content (AvgIpc) is 2.36. The van der Waals surface area contributed by atoms with Gasteiger partial charge in [0.15, 0.2) is 0 Å². The van der Waals surface area contributed by atoms with E-state index in [4.69, 9.17) is 0 Å². The minimum absolute atomic E-state index is 0.678. The van der Waals surface area contributed by atoms with E-state index in [9.17, 15) is 0 Å². The molecule has 0 radical (unpaired) electrons. The second kappa shape index (κ2) is 9.23. The molecule has 17 heavy (non-hydrogen) atoms. The van der Waals surface area contributed by atoms with E-state index >= 15 is 0 Å². The zero-order valence-corrected chi connectivity index (χ0v) is 11.4. The number of benzene rings is 1.